The molecule has 0 amide bonds. The van der Waals surface area contributed by atoms with Gasteiger partial charge in [0.1, 0.15) is 35.7 Å². The smallest absolute Gasteiger partial charge is 0.858 e. The quantitative estimate of drug-likeness (QED) is 0.0242. The molecule has 8 rings (SSSR count). The third kappa shape index (κ3) is 13.1. The maximum Gasteiger partial charge on any atom is 1.00 e. The SMILES string of the molecule is CC(=O)O[C@H]1C(=O)[C@@]2(C)[C@H]([C@H](OC(=O)c3ccccc3)[C@]3(O)C[C@@H](OC(=O)[C@H](OC(=O)CC(C)(C)c4c(C)cc(C)cc4OP(=O)([O-])O)[C@@H](N=C([O-])c4ccccc4)c4ccccc4)C(C)=C1C3(C)C)[C@]1(OC(C)=O)CO[C@@H]1C[C@@H]2O.[Na+].[Na+]. The van der Waals surface area contributed by atoms with Crippen molar-refractivity contribution < 1.29 is 150 Å². The molecule has 20 nitrogen and oxygen atoms in total. The molecule has 432 valence electrons. The van der Waals surface area contributed by atoms with E-state index in [2.05, 4.69) is 4.99 Å². The Morgan fingerprint density at radius 3 is 1.98 bits per heavy atom. The van der Waals surface area contributed by atoms with Gasteiger partial charge < -0.3 is 58.1 Å². The van der Waals surface area contributed by atoms with Crippen LogP contribution in [-0.4, -0.2) is 111 Å². The molecule has 1 heterocycles. The average Bonchev–Trinajstić information content (AvgIpc) is 3.37. The molecule has 1 saturated heterocycles. The topological polar surface area (TPSA) is 303 Å². The fourth-order valence-electron chi connectivity index (χ4n) is 12.8. The standard InChI is InChI=1S/C60H68NO19P.2Na/c1-32-26-33(2)45(40(27-32)80-81(71,72)73)56(6,7)30-44(65)77-49(47(37-20-14-11-15-21-37)61-53(67)38-22-16-12-17-23-38)55(69)76-41-29-60(70)52(78-54(68)39-24-18-13-19-25-39)50-58(10,42(64)28-43-59(50,31-74-43)79-36(5)63)51(66)48(75-35(4)62)46(34(41)3)57(60,8)9;;/h11-27,41-43,47-50,52,64,70H,28-31H2,1-10H3,(H,61,67)(H2,71,72,73);;/q;2*+1/p-2/t41-,42+,43-,47+,48-,49-,50+,52+,58-,59+,60-;;/m1../s1. The molecule has 3 aliphatic carbocycles. The van der Waals surface area contributed by atoms with Crippen molar-refractivity contribution in [3.05, 3.63) is 148 Å². The monoisotopic (exact) mass is 1180 g/mol. The molecule has 83 heavy (non-hydrogen) atoms. The third-order valence-electron chi connectivity index (χ3n) is 16.6. The van der Waals surface area contributed by atoms with Crippen LogP contribution in [0.4, 0.5) is 0 Å². The molecule has 4 aromatic rings. The van der Waals surface area contributed by atoms with E-state index in [0.29, 0.717) is 11.1 Å². The Hall–Kier alpha value is -5.06. The van der Waals surface area contributed by atoms with Gasteiger partial charge in [-0.3, -0.25) is 28.7 Å². The molecule has 0 spiro atoms. The van der Waals surface area contributed by atoms with Crippen molar-refractivity contribution in [2.24, 2.45) is 21.7 Å². The van der Waals surface area contributed by atoms with Gasteiger partial charge in [-0.15, -0.1) is 0 Å². The van der Waals surface area contributed by atoms with Gasteiger partial charge in [0.15, 0.2) is 17.5 Å². The zero-order valence-corrected chi connectivity index (χ0v) is 53.4. The van der Waals surface area contributed by atoms with Gasteiger partial charge in [-0.2, -0.15) is 0 Å². The van der Waals surface area contributed by atoms with Crippen LogP contribution in [0.1, 0.15) is 119 Å². The number of carbonyl (C=O) groups is 6. The summed E-state index contributed by atoms with van der Waals surface area (Å²) in [7, 11) is -5.39. The van der Waals surface area contributed by atoms with Crippen molar-refractivity contribution in [2.45, 2.75) is 148 Å². The van der Waals surface area contributed by atoms with Gasteiger partial charge in [-0.05, 0) is 85.2 Å². The summed E-state index contributed by atoms with van der Waals surface area (Å²) >= 11 is 0. The van der Waals surface area contributed by atoms with Crippen molar-refractivity contribution in [3.63, 3.8) is 0 Å². The van der Waals surface area contributed by atoms with Crippen LogP contribution in [0.5, 0.6) is 5.75 Å². The number of phosphoric acid groups is 1. The molecule has 4 aliphatic rings. The Bertz CT molecular complexity index is 3240. The number of nitrogens with zero attached hydrogens (tertiary/aromatic N) is 1. The van der Waals surface area contributed by atoms with Crippen LogP contribution >= 0.6 is 7.82 Å². The first-order valence-electron chi connectivity index (χ1n) is 26.4. The largest absolute Gasteiger partial charge is 1.00 e. The molecule has 3 fully saturated rings. The number of esters is 5. The predicted octanol–water partition coefficient (Wildman–Crippen LogP) is -0.504. The fraction of sp³-hybridized carbons (Fsp3) is 0.450. The van der Waals surface area contributed by atoms with Crippen LogP contribution in [-0.2, 0) is 62.4 Å². The molecule has 12 atom stereocenters. The first-order valence-corrected chi connectivity index (χ1v) is 27.9. The van der Waals surface area contributed by atoms with Gasteiger partial charge in [0.05, 0.1) is 36.0 Å². The zero-order chi connectivity index (χ0) is 59.4. The van der Waals surface area contributed by atoms with E-state index in [1.54, 1.807) is 88.4 Å². The van der Waals surface area contributed by atoms with Crippen molar-refractivity contribution >= 4 is 49.4 Å². The molecule has 2 saturated carbocycles. The Morgan fingerprint density at radius 2 is 1.43 bits per heavy atom. The van der Waals surface area contributed by atoms with Gasteiger partial charge in [-0.1, -0.05) is 113 Å². The number of rotatable bonds is 16. The molecule has 2 bridgehead atoms. The van der Waals surface area contributed by atoms with Crippen LogP contribution in [0.25, 0.3) is 0 Å². The summed E-state index contributed by atoms with van der Waals surface area (Å²) in [4.78, 5) is 114. The second-order valence-corrected chi connectivity index (χ2v) is 23.9. The molecule has 0 aromatic heterocycles. The number of aliphatic hydroxyl groups excluding tert-OH is 1. The second kappa shape index (κ2) is 25.5. The Labute approximate surface area is 525 Å². The molecule has 3 N–H and O–H groups in total. The number of aliphatic hydroxyl groups is 2. The molecule has 1 aliphatic heterocycles. The predicted molar refractivity (Wildman–Crippen MR) is 285 cm³/mol. The van der Waals surface area contributed by atoms with E-state index < -0.39 is 138 Å². The molecule has 4 aromatic carbocycles. The minimum atomic E-state index is -5.39. The Balaban J connectivity index is 0.00000553. The van der Waals surface area contributed by atoms with Crippen molar-refractivity contribution in [2.75, 3.05) is 6.61 Å². The molecule has 0 radical (unpaired) electrons. The molecular formula is C60H66NNa2O19P. The Kier molecular flexibility index (Phi) is 20.6. The van der Waals surface area contributed by atoms with Crippen LogP contribution in [0.15, 0.2) is 119 Å². The van der Waals surface area contributed by atoms with E-state index in [0.717, 1.165) is 13.8 Å². The number of fused-ring (bicyclic) bond motifs is 5. The number of aliphatic imine (C=N–C) groups is 1. The first-order chi connectivity index (χ1) is 37.9. The van der Waals surface area contributed by atoms with Gasteiger partial charge in [0.2, 0.25) is 6.10 Å². The number of aryl methyl sites for hydroxylation is 2. The van der Waals surface area contributed by atoms with Gasteiger partial charge in [-0.25, -0.2) is 9.59 Å². The van der Waals surface area contributed by atoms with Crippen LogP contribution in [0.2, 0.25) is 0 Å². The van der Waals surface area contributed by atoms with E-state index in [1.807, 2.05) is 0 Å². The van der Waals surface area contributed by atoms with E-state index in [-0.39, 0.29) is 111 Å². The van der Waals surface area contributed by atoms with Crippen LogP contribution in [0, 0.1) is 30.6 Å². The zero-order valence-electron chi connectivity index (χ0n) is 48.5. The fourth-order valence-corrected chi connectivity index (χ4v) is 13.2. The minimum absolute atomic E-state index is 0. The molecular weight excluding hydrogens is 1120 g/mol. The maximum absolute atomic E-state index is 15.9. The minimum Gasteiger partial charge on any atom is -0.858 e. The summed E-state index contributed by atoms with van der Waals surface area (Å²) in [6.07, 6.45) is -12.1. The van der Waals surface area contributed by atoms with E-state index in [4.69, 9.17) is 32.9 Å². The average molecular weight is 1180 g/mol. The number of benzene rings is 4. The van der Waals surface area contributed by atoms with Crippen molar-refractivity contribution in [1.29, 1.82) is 0 Å². The summed E-state index contributed by atoms with van der Waals surface area (Å²) in [6.45, 7) is 14.1. The summed E-state index contributed by atoms with van der Waals surface area (Å²) in [5, 5.41) is 40.6. The van der Waals surface area contributed by atoms with Gasteiger partial charge in [0.25, 0.3) is 0 Å². The maximum atomic E-state index is 15.9. The second-order valence-electron chi connectivity index (χ2n) is 22.8. The number of hydrogen-bond acceptors (Lipinski definition) is 19. The summed E-state index contributed by atoms with van der Waals surface area (Å²) in [5.74, 6) is -8.95. The van der Waals surface area contributed by atoms with Gasteiger partial charge >= 0.3 is 96.8 Å². The normalized spacial score (nSPS) is 27.7. The Morgan fingerprint density at radius 1 is 0.855 bits per heavy atom. The summed E-state index contributed by atoms with van der Waals surface area (Å²) in [6, 6.07) is 24.8. The van der Waals surface area contributed by atoms with E-state index in [9.17, 15) is 48.8 Å². The van der Waals surface area contributed by atoms with Gasteiger partial charge in [0, 0.05) is 43.1 Å². The molecule has 1 unspecified atom stereocenters. The molecule has 23 heteroatoms. The van der Waals surface area contributed by atoms with Crippen LogP contribution in [0.3, 0.4) is 0 Å². The van der Waals surface area contributed by atoms with Crippen molar-refractivity contribution in [1.82, 2.24) is 0 Å². The number of ketones is 1. The number of Topliss-reactive ketones (excluding diaryl/α,β-unsaturated/α-hetero) is 1. The number of ether oxygens (including phenoxy) is 6. The summed E-state index contributed by atoms with van der Waals surface area (Å²) < 4.78 is 54.3. The third-order valence-corrected chi connectivity index (χ3v) is 17.0. The van der Waals surface area contributed by atoms with E-state index in [1.165, 1.54) is 70.2 Å². The first kappa shape index (κ1) is 67.1. The number of hydrogen-bond donors (Lipinski definition) is 3. The van der Waals surface area contributed by atoms with Crippen molar-refractivity contribution in [3.8, 4) is 5.75 Å². The number of phosphoric ester groups is 1. The van der Waals surface area contributed by atoms with Crippen LogP contribution < -0.4 is 73.6 Å². The van der Waals surface area contributed by atoms with E-state index >= 15 is 9.59 Å². The number of carbonyl (C=O) groups excluding carboxylic acids is 6. The summed E-state index contributed by atoms with van der Waals surface area (Å²) in [5.41, 5.74) is -8.31.